The van der Waals surface area contributed by atoms with Crippen molar-refractivity contribution in [2.24, 2.45) is 5.92 Å². The summed E-state index contributed by atoms with van der Waals surface area (Å²) < 4.78 is 0. The first-order chi connectivity index (χ1) is 11.0. The molecule has 118 valence electrons. The second-order valence-corrected chi connectivity index (χ2v) is 7.06. The van der Waals surface area contributed by atoms with E-state index in [2.05, 4.69) is 50.4 Å². The molecule has 0 spiro atoms. The van der Waals surface area contributed by atoms with Gasteiger partial charge in [0.05, 0.1) is 6.04 Å². The third-order valence-corrected chi connectivity index (χ3v) is 5.40. The van der Waals surface area contributed by atoms with Gasteiger partial charge in [-0.1, -0.05) is 29.8 Å². The molecule has 2 N–H and O–H groups in total. The topological polar surface area (TPSA) is 32.3 Å². The largest absolute Gasteiger partial charge is 0.508 e. The van der Waals surface area contributed by atoms with Gasteiger partial charge in [-0.25, -0.2) is 0 Å². The predicted molar refractivity (Wildman–Crippen MR) is 95.1 cm³/mol. The normalized spacial score (nSPS) is 24.9. The van der Waals surface area contributed by atoms with Crippen LogP contribution in [0.4, 0.5) is 5.69 Å². The van der Waals surface area contributed by atoms with Crippen molar-refractivity contribution in [2.75, 3.05) is 5.32 Å². The van der Waals surface area contributed by atoms with Gasteiger partial charge in [0.25, 0.3) is 0 Å². The number of phenols is 1. The van der Waals surface area contributed by atoms with Crippen LogP contribution in [0.3, 0.4) is 0 Å². The number of allylic oxidation sites excluding steroid dienone is 2. The Hall–Kier alpha value is -2.22. The minimum absolute atomic E-state index is 0.327. The number of hydrogen-bond acceptors (Lipinski definition) is 2. The first kappa shape index (κ1) is 14.4. The van der Waals surface area contributed by atoms with Crippen molar-refractivity contribution in [3.63, 3.8) is 0 Å². The Labute approximate surface area is 137 Å². The molecular formula is C21H23NO. The van der Waals surface area contributed by atoms with Crippen molar-refractivity contribution >= 4 is 5.69 Å². The van der Waals surface area contributed by atoms with Crippen LogP contribution in [-0.4, -0.2) is 5.11 Å². The van der Waals surface area contributed by atoms with Crippen LogP contribution in [0.5, 0.6) is 5.75 Å². The lowest BCUT2D eigenvalue weighted by Gasteiger charge is -2.39. The number of hydrogen-bond donors (Lipinski definition) is 2. The zero-order valence-corrected chi connectivity index (χ0v) is 13.9. The van der Waals surface area contributed by atoms with E-state index in [1.165, 1.54) is 27.8 Å². The van der Waals surface area contributed by atoms with Crippen molar-refractivity contribution in [3.05, 3.63) is 70.3 Å². The monoisotopic (exact) mass is 305 g/mol. The molecule has 0 saturated carbocycles. The fraction of sp³-hybridized carbons (Fsp3) is 0.333. The quantitative estimate of drug-likeness (QED) is 0.564. The van der Waals surface area contributed by atoms with E-state index in [0.29, 0.717) is 23.6 Å². The van der Waals surface area contributed by atoms with Gasteiger partial charge in [-0.05, 0) is 73.6 Å². The summed E-state index contributed by atoms with van der Waals surface area (Å²) in [4.78, 5) is 0. The number of aryl methyl sites for hydroxylation is 3. The molecule has 2 heteroatoms. The van der Waals surface area contributed by atoms with Gasteiger partial charge in [0, 0.05) is 11.6 Å². The summed E-state index contributed by atoms with van der Waals surface area (Å²) >= 11 is 0. The number of fused-ring (bicyclic) bond motifs is 3. The Bertz CT molecular complexity index is 782. The molecule has 0 aromatic heterocycles. The van der Waals surface area contributed by atoms with Crippen LogP contribution in [0.2, 0.25) is 0 Å². The van der Waals surface area contributed by atoms with Crippen LogP contribution < -0.4 is 5.32 Å². The highest BCUT2D eigenvalue weighted by atomic mass is 16.3. The maximum Gasteiger partial charge on any atom is 0.116 e. The number of rotatable bonds is 1. The van der Waals surface area contributed by atoms with E-state index in [4.69, 9.17) is 0 Å². The molecule has 0 bridgehead atoms. The van der Waals surface area contributed by atoms with Crippen molar-refractivity contribution in [1.82, 2.24) is 0 Å². The van der Waals surface area contributed by atoms with Crippen LogP contribution in [0.15, 0.2) is 42.5 Å². The van der Waals surface area contributed by atoms with Crippen molar-refractivity contribution in [3.8, 4) is 5.75 Å². The van der Waals surface area contributed by atoms with Gasteiger partial charge in [-0.3, -0.25) is 0 Å². The van der Waals surface area contributed by atoms with Crippen LogP contribution in [-0.2, 0) is 0 Å². The summed E-state index contributed by atoms with van der Waals surface area (Å²) in [6.07, 6.45) is 5.70. The second-order valence-electron chi connectivity index (χ2n) is 7.06. The molecule has 0 fully saturated rings. The third-order valence-electron chi connectivity index (χ3n) is 5.40. The minimum Gasteiger partial charge on any atom is -0.508 e. The summed E-state index contributed by atoms with van der Waals surface area (Å²) in [6, 6.07) is 10.6. The van der Waals surface area contributed by atoms with Gasteiger partial charge in [0.2, 0.25) is 0 Å². The summed E-state index contributed by atoms with van der Waals surface area (Å²) in [5.41, 5.74) is 7.88. The minimum atomic E-state index is 0.327. The van der Waals surface area contributed by atoms with E-state index < -0.39 is 0 Å². The van der Waals surface area contributed by atoms with Crippen LogP contribution in [0.1, 0.15) is 46.2 Å². The Kier molecular flexibility index (Phi) is 3.22. The predicted octanol–water partition coefficient (Wildman–Crippen LogP) is 5.14. The Balaban J connectivity index is 1.84. The van der Waals surface area contributed by atoms with Gasteiger partial charge < -0.3 is 10.4 Å². The van der Waals surface area contributed by atoms with Gasteiger partial charge >= 0.3 is 0 Å². The van der Waals surface area contributed by atoms with Gasteiger partial charge in [-0.2, -0.15) is 0 Å². The fourth-order valence-corrected chi connectivity index (χ4v) is 4.55. The molecule has 4 rings (SSSR count). The summed E-state index contributed by atoms with van der Waals surface area (Å²) in [6.45, 7) is 6.61. The molecule has 2 nitrogen and oxygen atoms in total. The summed E-state index contributed by atoms with van der Waals surface area (Å²) in [5.74, 6) is 1.26. The molecule has 0 radical (unpaired) electrons. The molecule has 1 aliphatic heterocycles. The van der Waals surface area contributed by atoms with Crippen molar-refractivity contribution < 1.29 is 5.11 Å². The molecule has 2 aromatic carbocycles. The molecule has 1 heterocycles. The smallest absolute Gasteiger partial charge is 0.116 e. The molecule has 23 heavy (non-hydrogen) atoms. The highest BCUT2D eigenvalue weighted by Gasteiger charge is 2.39. The zero-order chi connectivity index (χ0) is 16.1. The van der Waals surface area contributed by atoms with Crippen LogP contribution >= 0.6 is 0 Å². The van der Waals surface area contributed by atoms with E-state index in [-0.39, 0.29) is 0 Å². The van der Waals surface area contributed by atoms with Crippen LogP contribution in [0, 0.1) is 26.7 Å². The highest BCUT2D eigenvalue weighted by molar-refractivity contribution is 5.62. The number of benzene rings is 2. The first-order valence-corrected chi connectivity index (χ1v) is 8.38. The van der Waals surface area contributed by atoms with Crippen LogP contribution in [0.25, 0.3) is 0 Å². The number of aromatic hydroxyl groups is 1. The maximum absolute atomic E-state index is 9.86. The molecule has 1 aliphatic carbocycles. The average Bonchev–Trinajstić information content (AvgIpc) is 2.96. The molecule has 2 aromatic rings. The third kappa shape index (κ3) is 2.24. The van der Waals surface area contributed by atoms with Crippen molar-refractivity contribution in [1.29, 1.82) is 0 Å². The molecule has 0 amide bonds. The fourth-order valence-electron chi connectivity index (χ4n) is 4.55. The Morgan fingerprint density at radius 3 is 2.52 bits per heavy atom. The molecule has 2 aliphatic rings. The maximum atomic E-state index is 9.86. The molecule has 3 atom stereocenters. The second kappa shape index (κ2) is 5.16. The lowest BCUT2D eigenvalue weighted by molar-refractivity contribution is 0.419. The van der Waals surface area contributed by atoms with E-state index in [1.54, 1.807) is 6.07 Å². The first-order valence-electron chi connectivity index (χ1n) is 8.38. The van der Waals surface area contributed by atoms with E-state index in [9.17, 15) is 5.11 Å². The number of phenolic OH excluding ortho intramolecular Hbond substituents is 1. The van der Waals surface area contributed by atoms with Crippen molar-refractivity contribution in [2.45, 2.75) is 39.2 Å². The Morgan fingerprint density at radius 2 is 1.78 bits per heavy atom. The van der Waals surface area contributed by atoms with E-state index in [0.717, 1.165) is 12.1 Å². The average molecular weight is 305 g/mol. The molecule has 0 saturated heterocycles. The number of anilines is 1. The lowest BCUT2D eigenvalue weighted by Crippen LogP contribution is -2.30. The van der Waals surface area contributed by atoms with Gasteiger partial charge in [0.1, 0.15) is 5.75 Å². The summed E-state index contributed by atoms with van der Waals surface area (Å²) in [5, 5.41) is 13.6. The van der Waals surface area contributed by atoms with Gasteiger partial charge in [0.15, 0.2) is 0 Å². The van der Waals surface area contributed by atoms with Gasteiger partial charge in [-0.15, -0.1) is 0 Å². The molecule has 3 unspecified atom stereocenters. The lowest BCUT2D eigenvalue weighted by atomic mass is 9.75. The standard InChI is InChI=1S/C21H23NO/c1-12-9-13(2)20(14(3)10-12)21-17-6-4-5-16(17)18-11-15(23)7-8-19(18)22-21/h4-5,7-11,16-17,21-23H,6H2,1-3H3. The highest BCUT2D eigenvalue weighted by Crippen LogP contribution is 2.51. The SMILES string of the molecule is Cc1cc(C)c(C2Nc3ccc(O)cc3C3C=CCC32)c(C)c1. The molecular weight excluding hydrogens is 282 g/mol. The number of nitrogens with one attached hydrogen (secondary N) is 1. The zero-order valence-electron chi connectivity index (χ0n) is 13.9. The van der Waals surface area contributed by atoms with E-state index in [1.807, 2.05) is 12.1 Å². The van der Waals surface area contributed by atoms with E-state index >= 15 is 0 Å². The Morgan fingerprint density at radius 1 is 1.04 bits per heavy atom. The summed E-state index contributed by atoms with van der Waals surface area (Å²) in [7, 11) is 0.